The van der Waals surface area contributed by atoms with Crippen molar-refractivity contribution in [2.45, 2.75) is 39.2 Å². The highest BCUT2D eigenvalue weighted by Crippen LogP contribution is 2.46. The van der Waals surface area contributed by atoms with Gasteiger partial charge in [0.15, 0.2) is 6.10 Å². The molecule has 0 bridgehead atoms. The minimum Gasteiger partial charge on any atom is -0.368 e. The quantitative estimate of drug-likeness (QED) is 0.659. The lowest BCUT2D eigenvalue weighted by atomic mass is 9.86. The van der Waals surface area contributed by atoms with Crippen LogP contribution in [0.5, 0.6) is 0 Å². The van der Waals surface area contributed by atoms with Crippen LogP contribution in [-0.4, -0.2) is 35.1 Å². The van der Waals surface area contributed by atoms with Crippen LogP contribution in [0.3, 0.4) is 0 Å². The Kier molecular flexibility index (Phi) is 2.83. The van der Waals surface area contributed by atoms with E-state index >= 15 is 0 Å². The molecular weight excluding hydrogens is 222 g/mol. The predicted octanol–water partition coefficient (Wildman–Crippen LogP) is 2.24. The third kappa shape index (κ3) is 1.59. The van der Waals surface area contributed by atoms with Crippen molar-refractivity contribution in [3.05, 3.63) is 11.3 Å². The molecule has 1 saturated heterocycles. The first-order valence-electron chi connectivity index (χ1n) is 5.55. The van der Waals surface area contributed by atoms with E-state index in [0.29, 0.717) is 0 Å². The third-order valence-electron chi connectivity index (χ3n) is 3.07. The fourth-order valence-corrected chi connectivity index (χ4v) is 3.86. The number of amides is 1. The first kappa shape index (κ1) is 12.0. The van der Waals surface area contributed by atoms with Crippen LogP contribution in [0.25, 0.3) is 0 Å². The number of β-lactam (4-membered cyclic amide) rings is 1. The lowest BCUT2D eigenvalue weighted by molar-refractivity contribution is -0.159. The first-order valence-corrected chi connectivity index (χ1v) is 6.60. The van der Waals surface area contributed by atoms with Crippen molar-refractivity contribution in [2.24, 2.45) is 5.41 Å². The molecule has 0 aromatic carbocycles. The lowest BCUT2D eigenvalue weighted by Gasteiger charge is -2.52. The minimum absolute atomic E-state index is 0.0255. The van der Waals surface area contributed by atoms with E-state index in [-0.39, 0.29) is 22.8 Å². The molecule has 0 N–H and O–H groups in total. The van der Waals surface area contributed by atoms with Crippen molar-refractivity contribution < 1.29 is 9.53 Å². The number of hydrogen-bond donors (Lipinski definition) is 0. The van der Waals surface area contributed by atoms with Crippen LogP contribution in [0.15, 0.2) is 11.3 Å². The van der Waals surface area contributed by atoms with E-state index in [0.717, 1.165) is 5.75 Å². The number of ether oxygens (including phenoxy) is 1. The molecule has 0 spiro atoms. The summed E-state index contributed by atoms with van der Waals surface area (Å²) < 4.78 is 5.23. The summed E-state index contributed by atoms with van der Waals surface area (Å²) in [6, 6.07) is 0. The average molecular weight is 241 g/mol. The largest absolute Gasteiger partial charge is 0.368 e. The smallest absolute Gasteiger partial charge is 0.260 e. The van der Waals surface area contributed by atoms with Crippen LogP contribution in [0.2, 0.25) is 0 Å². The standard InChI is InChI=1S/C12H19NO2S/c1-7-6-16-11-8(15-5)10(14)13(11)9(7)12(2,3)4/h8,11H,6H2,1-5H3/t8-,11+/m0/s1. The second-order valence-corrected chi connectivity index (χ2v) is 6.55. The SMILES string of the molecule is CO[C@H]1C(=O)N2C(C(C)(C)C)=C(C)CS[C@H]12. The monoisotopic (exact) mass is 241 g/mol. The highest BCUT2D eigenvalue weighted by molar-refractivity contribution is 8.00. The molecule has 0 aromatic rings. The highest BCUT2D eigenvalue weighted by atomic mass is 32.2. The Hall–Kier alpha value is -0.480. The van der Waals surface area contributed by atoms with E-state index in [9.17, 15) is 4.79 Å². The number of nitrogens with zero attached hydrogens (tertiary/aromatic N) is 1. The zero-order valence-corrected chi connectivity index (χ0v) is 11.4. The molecular formula is C12H19NO2S. The lowest BCUT2D eigenvalue weighted by Crippen LogP contribution is -2.65. The maximum Gasteiger partial charge on any atom is 0.260 e. The fraction of sp³-hybridized carbons (Fsp3) is 0.750. The number of carbonyl (C=O) groups is 1. The Morgan fingerprint density at radius 1 is 1.44 bits per heavy atom. The van der Waals surface area contributed by atoms with Gasteiger partial charge in [-0.05, 0) is 12.5 Å². The van der Waals surface area contributed by atoms with E-state index in [1.165, 1.54) is 11.3 Å². The molecule has 0 unspecified atom stereocenters. The maximum atomic E-state index is 12.0. The van der Waals surface area contributed by atoms with Gasteiger partial charge in [-0.1, -0.05) is 20.8 Å². The molecule has 0 radical (unpaired) electrons. The van der Waals surface area contributed by atoms with Gasteiger partial charge in [-0.3, -0.25) is 9.69 Å². The number of methoxy groups -OCH3 is 1. The van der Waals surface area contributed by atoms with Gasteiger partial charge in [-0.15, -0.1) is 11.8 Å². The van der Waals surface area contributed by atoms with Crippen LogP contribution < -0.4 is 0 Å². The van der Waals surface area contributed by atoms with Crippen LogP contribution in [0.4, 0.5) is 0 Å². The fourth-order valence-electron chi connectivity index (χ4n) is 2.54. The second-order valence-electron chi connectivity index (χ2n) is 5.45. The maximum absolute atomic E-state index is 12.0. The van der Waals surface area contributed by atoms with E-state index in [2.05, 4.69) is 27.7 Å². The number of carbonyl (C=O) groups excluding carboxylic acids is 1. The first-order chi connectivity index (χ1) is 7.38. The number of fused-ring (bicyclic) bond motifs is 1. The molecule has 0 aliphatic carbocycles. The molecule has 1 amide bonds. The molecule has 16 heavy (non-hydrogen) atoms. The van der Waals surface area contributed by atoms with Gasteiger partial charge < -0.3 is 4.74 Å². The van der Waals surface area contributed by atoms with Gasteiger partial charge in [0.1, 0.15) is 5.37 Å². The summed E-state index contributed by atoms with van der Waals surface area (Å²) in [5, 5.41) is 0.190. The van der Waals surface area contributed by atoms with Crippen LogP contribution >= 0.6 is 11.8 Å². The van der Waals surface area contributed by atoms with Crippen molar-refractivity contribution in [2.75, 3.05) is 12.9 Å². The molecule has 4 heteroatoms. The topological polar surface area (TPSA) is 29.5 Å². The van der Waals surface area contributed by atoms with Crippen LogP contribution in [0.1, 0.15) is 27.7 Å². The summed E-state index contributed by atoms with van der Waals surface area (Å²) in [7, 11) is 1.61. The molecule has 2 aliphatic heterocycles. The summed E-state index contributed by atoms with van der Waals surface area (Å²) in [6.07, 6.45) is -0.240. The number of thioether (sulfide) groups is 1. The predicted molar refractivity (Wildman–Crippen MR) is 66.0 cm³/mol. The minimum atomic E-state index is -0.240. The Labute approximate surface area is 101 Å². The normalized spacial score (nSPS) is 30.3. The van der Waals surface area contributed by atoms with Crippen molar-refractivity contribution in [1.29, 1.82) is 0 Å². The molecule has 3 nitrogen and oxygen atoms in total. The Morgan fingerprint density at radius 2 is 2.06 bits per heavy atom. The summed E-state index contributed by atoms with van der Waals surface area (Å²) in [6.45, 7) is 8.60. The summed E-state index contributed by atoms with van der Waals surface area (Å²) in [5.74, 6) is 1.12. The van der Waals surface area contributed by atoms with E-state index in [1.807, 2.05) is 4.90 Å². The van der Waals surface area contributed by atoms with Crippen molar-refractivity contribution in [3.8, 4) is 0 Å². The molecule has 2 heterocycles. The molecule has 2 aliphatic rings. The van der Waals surface area contributed by atoms with E-state index < -0.39 is 0 Å². The Morgan fingerprint density at radius 3 is 2.56 bits per heavy atom. The summed E-state index contributed by atoms with van der Waals surface area (Å²) in [4.78, 5) is 13.9. The number of rotatable bonds is 1. The second kappa shape index (κ2) is 3.77. The van der Waals surface area contributed by atoms with Gasteiger partial charge in [0.2, 0.25) is 0 Å². The Bertz CT molecular complexity index is 357. The van der Waals surface area contributed by atoms with Gasteiger partial charge in [-0.2, -0.15) is 0 Å². The van der Waals surface area contributed by atoms with Gasteiger partial charge >= 0.3 is 0 Å². The number of allylic oxidation sites excluding steroid dienone is 1. The molecule has 0 aromatic heterocycles. The Balaban J connectivity index is 2.34. The summed E-state index contributed by atoms with van der Waals surface area (Å²) >= 11 is 1.80. The van der Waals surface area contributed by atoms with Crippen molar-refractivity contribution >= 4 is 17.7 Å². The molecule has 0 saturated carbocycles. The zero-order chi connectivity index (χ0) is 12.1. The van der Waals surface area contributed by atoms with E-state index in [4.69, 9.17) is 4.74 Å². The van der Waals surface area contributed by atoms with Crippen molar-refractivity contribution in [3.63, 3.8) is 0 Å². The zero-order valence-electron chi connectivity index (χ0n) is 10.5. The van der Waals surface area contributed by atoms with Gasteiger partial charge in [-0.25, -0.2) is 0 Å². The molecule has 1 fully saturated rings. The summed E-state index contributed by atoms with van der Waals surface area (Å²) in [5.41, 5.74) is 2.53. The van der Waals surface area contributed by atoms with Crippen LogP contribution in [-0.2, 0) is 9.53 Å². The molecule has 90 valence electrons. The van der Waals surface area contributed by atoms with Gasteiger partial charge in [0.05, 0.1) is 0 Å². The average Bonchev–Trinajstić information content (AvgIpc) is 2.17. The van der Waals surface area contributed by atoms with E-state index in [1.54, 1.807) is 18.9 Å². The van der Waals surface area contributed by atoms with Crippen LogP contribution in [0, 0.1) is 5.41 Å². The number of hydrogen-bond acceptors (Lipinski definition) is 3. The highest BCUT2D eigenvalue weighted by Gasteiger charge is 2.53. The van der Waals surface area contributed by atoms with Gasteiger partial charge in [0.25, 0.3) is 5.91 Å². The van der Waals surface area contributed by atoms with Gasteiger partial charge in [0, 0.05) is 24.0 Å². The molecule has 2 rings (SSSR count). The van der Waals surface area contributed by atoms with Crippen molar-refractivity contribution in [1.82, 2.24) is 4.90 Å². The third-order valence-corrected chi connectivity index (χ3v) is 4.47. The molecule has 2 atom stereocenters.